The fourth-order valence-electron chi connectivity index (χ4n) is 1.22. The van der Waals surface area contributed by atoms with Crippen molar-refractivity contribution < 1.29 is 5.11 Å². The molecule has 15 heavy (non-hydrogen) atoms. The Morgan fingerprint density at radius 2 is 2.40 bits per heavy atom. The summed E-state index contributed by atoms with van der Waals surface area (Å²) in [5.74, 6) is 0.685. The van der Waals surface area contributed by atoms with Crippen LogP contribution in [0.4, 0.5) is 5.82 Å². The zero-order valence-corrected chi connectivity index (χ0v) is 10.8. The van der Waals surface area contributed by atoms with Crippen LogP contribution in [0.25, 0.3) is 0 Å². The van der Waals surface area contributed by atoms with E-state index >= 15 is 0 Å². The first-order valence-electron chi connectivity index (χ1n) is 4.82. The molecule has 1 rings (SSSR count). The summed E-state index contributed by atoms with van der Waals surface area (Å²) in [7, 11) is 0. The van der Waals surface area contributed by atoms with Crippen molar-refractivity contribution in [3.63, 3.8) is 0 Å². The molecule has 1 unspecified atom stereocenters. The third-order valence-electron chi connectivity index (χ3n) is 1.99. The molecule has 84 valence electrons. The van der Waals surface area contributed by atoms with Crippen molar-refractivity contribution in [1.29, 1.82) is 0 Å². The minimum Gasteiger partial charge on any atom is -0.396 e. The van der Waals surface area contributed by atoms with Gasteiger partial charge in [-0.1, -0.05) is 11.6 Å². The highest BCUT2D eigenvalue weighted by molar-refractivity contribution is 9.10. The zero-order chi connectivity index (χ0) is 11.3. The molecule has 0 fully saturated rings. The van der Waals surface area contributed by atoms with Crippen molar-refractivity contribution in [2.75, 3.05) is 11.9 Å². The highest BCUT2D eigenvalue weighted by Crippen LogP contribution is 2.23. The molecule has 1 aromatic heterocycles. The molecule has 0 saturated carbocycles. The Hall–Kier alpha value is -0.320. The van der Waals surface area contributed by atoms with Crippen LogP contribution in [0.2, 0.25) is 5.02 Å². The third-order valence-corrected chi connectivity index (χ3v) is 2.71. The quantitative estimate of drug-likeness (QED) is 0.877. The van der Waals surface area contributed by atoms with Gasteiger partial charge in [0.05, 0.1) is 5.02 Å². The van der Waals surface area contributed by atoms with E-state index in [2.05, 4.69) is 26.2 Å². The number of nitrogens with one attached hydrogen (secondary N) is 1. The summed E-state index contributed by atoms with van der Waals surface area (Å²) < 4.78 is 0.862. The molecule has 0 aliphatic rings. The van der Waals surface area contributed by atoms with Gasteiger partial charge in [-0.15, -0.1) is 0 Å². The van der Waals surface area contributed by atoms with E-state index in [4.69, 9.17) is 16.7 Å². The number of aromatic nitrogens is 1. The van der Waals surface area contributed by atoms with Crippen molar-refractivity contribution in [2.45, 2.75) is 25.8 Å². The van der Waals surface area contributed by atoms with E-state index in [-0.39, 0.29) is 12.6 Å². The second-order valence-corrected chi connectivity index (χ2v) is 4.72. The number of rotatable bonds is 5. The van der Waals surface area contributed by atoms with Gasteiger partial charge in [-0.2, -0.15) is 0 Å². The molecule has 0 bridgehead atoms. The molecule has 5 heteroatoms. The van der Waals surface area contributed by atoms with Crippen LogP contribution in [-0.2, 0) is 0 Å². The first-order valence-corrected chi connectivity index (χ1v) is 5.99. The average Bonchev–Trinajstić information content (AvgIpc) is 2.19. The summed E-state index contributed by atoms with van der Waals surface area (Å²) in [6.07, 6.45) is 3.37. The first-order chi connectivity index (χ1) is 7.13. The van der Waals surface area contributed by atoms with Gasteiger partial charge in [-0.05, 0) is 41.8 Å². The van der Waals surface area contributed by atoms with Crippen molar-refractivity contribution in [3.05, 3.63) is 21.8 Å². The predicted octanol–water partition coefficient (Wildman–Crippen LogP) is 3.07. The summed E-state index contributed by atoms with van der Waals surface area (Å²) in [6, 6.07) is 2.05. The maximum Gasteiger partial charge on any atom is 0.145 e. The van der Waals surface area contributed by atoms with Gasteiger partial charge in [0.25, 0.3) is 0 Å². The van der Waals surface area contributed by atoms with E-state index in [1.54, 1.807) is 12.3 Å². The Kier molecular flexibility index (Phi) is 5.36. The lowest BCUT2D eigenvalue weighted by Gasteiger charge is -2.14. The molecule has 0 radical (unpaired) electrons. The van der Waals surface area contributed by atoms with Gasteiger partial charge in [0.1, 0.15) is 5.82 Å². The number of anilines is 1. The monoisotopic (exact) mass is 292 g/mol. The van der Waals surface area contributed by atoms with Crippen LogP contribution in [0.3, 0.4) is 0 Å². The van der Waals surface area contributed by atoms with Crippen LogP contribution >= 0.6 is 27.5 Å². The summed E-state index contributed by atoms with van der Waals surface area (Å²) in [6.45, 7) is 2.25. The molecule has 0 aliphatic heterocycles. The summed E-state index contributed by atoms with van der Waals surface area (Å²) in [5, 5.41) is 12.5. The number of aliphatic hydroxyl groups excluding tert-OH is 1. The van der Waals surface area contributed by atoms with Gasteiger partial charge < -0.3 is 10.4 Å². The molecule has 2 N–H and O–H groups in total. The van der Waals surface area contributed by atoms with Crippen molar-refractivity contribution in [3.8, 4) is 0 Å². The summed E-state index contributed by atoms with van der Waals surface area (Å²) >= 11 is 9.30. The fourth-order valence-corrected chi connectivity index (χ4v) is 1.91. The SMILES string of the molecule is CC(CCCO)Nc1ncc(Br)cc1Cl. The predicted molar refractivity (Wildman–Crippen MR) is 66.4 cm³/mol. The molecule has 0 amide bonds. The largest absolute Gasteiger partial charge is 0.396 e. The Labute approximate surface area is 103 Å². The average molecular weight is 294 g/mol. The molecule has 0 aromatic carbocycles. The highest BCUT2D eigenvalue weighted by Gasteiger charge is 2.06. The van der Waals surface area contributed by atoms with Crippen molar-refractivity contribution >= 4 is 33.3 Å². The number of pyridine rings is 1. The Bertz CT molecular complexity index is 322. The van der Waals surface area contributed by atoms with E-state index in [0.29, 0.717) is 10.8 Å². The minimum atomic E-state index is 0.216. The summed E-state index contributed by atoms with van der Waals surface area (Å²) in [4.78, 5) is 4.17. The van der Waals surface area contributed by atoms with E-state index in [0.717, 1.165) is 17.3 Å². The van der Waals surface area contributed by atoms with Crippen LogP contribution in [0.5, 0.6) is 0 Å². The first kappa shape index (κ1) is 12.7. The zero-order valence-electron chi connectivity index (χ0n) is 8.50. The molecule has 1 aromatic rings. The molecular weight excluding hydrogens is 279 g/mol. The normalized spacial score (nSPS) is 12.5. The van der Waals surface area contributed by atoms with Crippen LogP contribution in [0.15, 0.2) is 16.7 Å². The number of hydrogen-bond acceptors (Lipinski definition) is 3. The van der Waals surface area contributed by atoms with Crippen LogP contribution in [0, 0.1) is 0 Å². The number of nitrogens with zero attached hydrogens (tertiary/aromatic N) is 1. The molecule has 1 atom stereocenters. The lowest BCUT2D eigenvalue weighted by atomic mass is 10.2. The molecule has 0 saturated heterocycles. The summed E-state index contributed by atoms with van der Waals surface area (Å²) in [5.41, 5.74) is 0. The van der Waals surface area contributed by atoms with E-state index in [9.17, 15) is 0 Å². The standard InChI is InChI=1S/C10H14BrClN2O/c1-7(3-2-4-15)14-10-9(12)5-8(11)6-13-10/h5-7,15H,2-4H2,1H3,(H,13,14). The minimum absolute atomic E-state index is 0.216. The lowest BCUT2D eigenvalue weighted by molar-refractivity contribution is 0.282. The van der Waals surface area contributed by atoms with E-state index < -0.39 is 0 Å². The number of aliphatic hydroxyl groups is 1. The fraction of sp³-hybridized carbons (Fsp3) is 0.500. The molecule has 3 nitrogen and oxygen atoms in total. The molecule has 1 heterocycles. The van der Waals surface area contributed by atoms with Gasteiger partial charge in [0, 0.05) is 23.3 Å². The third kappa shape index (κ3) is 4.36. The topological polar surface area (TPSA) is 45.1 Å². The van der Waals surface area contributed by atoms with Crippen LogP contribution in [-0.4, -0.2) is 22.7 Å². The van der Waals surface area contributed by atoms with E-state index in [1.165, 1.54) is 0 Å². The highest BCUT2D eigenvalue weighted by atomic mass is 79.9. The Morgan fingerprint density at radius 1 is 1.67 bits per heavy atom. The van der Waals surface area contributed by atoms with Gasteiger partial charge in [0.15, 0.2) is 0 Å². The number of halogens is 2. The van der Waals surface area contributed by atoms with Crippen LogP contribution in [0.1, 0.15) is 19.8 Å². The Morgan fingerprint density at radius 3 is 3.00 bits per heavy atom. The van der Waals surface area contributed by atoms with Gasteiger partial charge in [0.2, 0.25) is 0 Å². The van der Waals surface area contributed by atoms with Crippen molar-refractivity contribution in [1.82, 2.24) is 4.98 Å². The van der Waals surface area contributed by atoms with Crippen LogP contribution < -0.4 is 5.32 Å². The van der Waals surface area contributed by atoms with E-state index in [1.807, 2.05) is 6.92 Å². The maximum atomic E-state index is 8.70. The molecular formula is C10H14BrClN2O. The number of hydrogen-bond donors (Lipinski definition) is 2. The molecule has 0 aliphatic carbocycles. The lowest BCUT2D eigenvalue weighted by Crippen LogP contribution is -2.16. The van der Waals surface area contributed by atoms with Gasteiger partial charge in [-0.25, -0.2) is 4.98 Å². The van der Waals surface area contributed by atoms with Gasteiger partial charge in [-0.3, -0.25) is 0 Å². The second-order valence-electron chi connectivity index (χ2n) is 3.40. The second kappa shape index (κ2) is 6.30. The Balaban J connectivity index is 2.56. The van der Waals surface area contributed by atoms with Crippen molar-refractivity contribution in [2.24, 2.45) is 0 Å². The maximum absolute atomic E-state index is 8.70. The molecule has 0 spiro atoms. The van der Waals surface area contributed by atoms with Gasteiger partial charge >= 0.3 is 0 Å². The smallest absolute Gasteiger partial charge is 0.145 e.